The first-order valence-electron chi connectivity index (χ1n) is 9.13. The van der Waals surface area contributed by atoms with Crippen LogP contribution in [-0.2, 0) is 9.84 Å². The highest BCUT2D eigenvalue weighted by molar-refractivity contribution is 7.91. The molecule has 0 aromatic rings. The van der Waals surface area contributed by atoms with Crippen molar-refractivity contribution in [3.8, 4) is 0 Å². The summed E-state index contributed by atoms with van der Waals surface area (Å²) in [5.74, 6) is 1.25. The van der Waals surface area contributed by atoms with Gasteiger partial charge in [-0.3, -0.25) is 4.90 Å². The van der Waals surface area contributed by atoms with Gasteiger partial charge in [-0.2, -0.15) is 0 Å². The molecule has 3 fully saturated rings. The molecule has 128 valence electrons. The van der Waals surface area contributed by atoms with Gasteiger partial charge in [0.1, 0.15) is 0 Å². The van der Waals surface area contributed by atoms with Crippen LogP contribution in [0.3, 0.4) is 0 Å². The second kappa shape index (κ2) is 6.78. The number of aliphatic hydroxyl groups is 1. The maximum atomic E-state index is 11.6. The Kier molecular flexibility index (Phi) is 5.15. The zero-order valence-corrected chi connectivity index (χ0v) is 14.5. The maximum absolute atomic E-state index is 11.6. The van der Waals surface area contributed by atoms with Crippen molar-refractivity contribution in [2.24, 2.45) is 5.92 Å². The number of hydrogen-bond acceptors (Lipinski definition) is 4. The lowest BCUT2D eigenvalue weighted by Gasteiger charge is -2.37. The summed E-state index contributed by atoms with van der Waals surface area (Å²) >= 11 is 0. The monoisotopic (exact) mass is 329 g/mol. The van der Waals surface area contributed by atoms with Crippen LogP contribution in [0, 0.1) is 5.92 Å². The average Bonchev–Trinajstić information content (AvgIpc) is 3.12. The van der Waals surface area contributed by atoms with Crippen LogP contribution in [0.2, 0.25) is 0 Å². The lowest BCUT2D eigenvalue weighted by molar-refractivity contribution is -0.00935. The van der Waals surface area contributed by atoms with E-state index in [1.54, 1.807) is 0 Å². The Bertz CT molecular complexity index is 456. The van der Waals surface area contributed by atoms with Gasteiger partial charge in [0.25, 0.3) is 0 Å². The van der Waals surface area contributed by atoms with E-state index in [2.05, 4.69) is 4.90 Å². The predicted octanol–water partition coefficient (Wildman–Crippen LogP) is 2.36. The Morgan fingerprint density at radius 3 is 2.36 bits per heavy atom. The molecule has 1 aliphatic carbocycles. The molecule has 1 atom stereocenters. The molecular formula is C17H31NO3S. The number of nitrogens with zero attached hydrogens (tertiary/aromatic N) is 1. The fourth-order valence-electron chi connectivity index (χ4n) is 4.61. The van der Waals surface area contributed by atoms with E-state index in [1.807, 2.05) is 0 Å². The molecule has 3 aliphatic rings. The van der Waals surface area contributed by atoms with Crippen LogP contribution in [0.1, 0.15) is 64.2 Å². The van der Waals surface area contributed by atoms with E-state index in [-0.39, 0.29) is 11.5 Å². The highest BCUT2D eigenvalue weighted by Crippen LogP contribution is 2.33. The van der Waals surface area contributed by atoms with E-state index in [4.69, 9.17) is 0 Å². The van der Waals surface area contributed by atoms with Gasteiger partial charge in [0.05, 0.1) is 17.1 Å². The Balaban J connectivity index is 1.50. The van der Waals surface area contributed by atoms with Crippen molar-refractivity contribution in [2.45, 2.75) is 75.9 Å². The number of rotatable bonds is 5. The SMILES string of the molecule is O=S1(=O)CCC(O)(CN2CCCC2CCC2CCCC2)CC1. The van der Waals surface area contributed by atoms with Crippen molar-refractivity contribution in [2.75, 3.05) is 24.6 Å². The topological polar surface area (TPSA) is 57.6 Å². The summed E-state index contributed by atoms with van der Waals surface area (Å²) in [6, 6.07) is 0.614. The van der Waals surface area contributed by atoms with Crippen LogP contribution < -0.4 is 0 Å². The molecule has 2 aliphatic heterocycles. The number of sulfone groups is 1. The van der Waals surface area contributed by atoms with E-state index < -0.39 is 15.4 Å². The van der Waals surface area contributed by atoms with Gasteiger partial charge in [0.15, 0.2) is 9.84 Å². The first-order chi connectivity index (χ1) is 10.5. The average molecular weight is 330 g/mol. The third kappa shape index (κ3) is 4.24. The molecule has 5 heteroatoms. The lowest BCUT2D eigenvalue weighted by Crippen LogP contribution is -2.49. The normalized spacial score (nSPS) is 32.5. The largest absolute Gasteiger partial charge is 0.388 e. The Morgan fingerprint density at radius 1 is 1.00 bits per heavy atom. The Morgan fingerprint density at radius 2 is 1.68 bits per heavy atom. The van der Waals surface area contributed by atoms with Gasteiger partial charge in [0.2, 0.25) is 0 Å². The first kappa shape index (κ1) is 16.7. The smallest absolute Gasteiger partial charge is 0.150 e. The standard InChI is InChI=1S/C17H31NO3S/c19-17(9-12-22(20,21)13-10-17)14-18-11-3-6-16(18)8-7-15-4-1-2-5-15/h15-16,19H,1-14H2. The van der Waals surface area contributed by atoms with Gasteiger partial charge >= 0.3 is 0 Å². The zero-order valence-electron chi connectivity index (χ0n) is 13.7. The lowest BCUT2D eigenvalue weighted by atomic mass is 9.94. The van der Waals surface area contributed by atoms with Crippen LogP contribution in [-0.4, -0.2) is 54.7 Å². The van der Waals surface area contributed by atoms with Crippen LogP contribution in [0.5, 0.6) is 0 Å². The third-order valence-corrected chi connectivity index (χ3v) is 7.79. The van der Waals surface area contributed by atoms with E-state index in [9.17, 15) is 13.5 Å². The van der Waals surface area contributed by atoms with Crippen molar-refractivity contribution in [1.29, 1.82) is 0 Å². The summed E-state index contributed by atoms with van der Waals surface area (Å²) < 4.78 is 23.1. The van der Waals surface area contributed by atoms with Crippen LogP contribution in [0.4, 0.5) is 0 Å². The molecule has 1 unspecified atom stereocenters. The molecule has 0 radical (unpaired) electrons. The maximum Gasteiger partial charge on any atom is 0.150 e. The molecule has 1 N–H and O–H groups in total. The summed E-state index contributed by atoms with van der Waals surface area (Å²) in [4.78, 5) is 2.45. The molecule has 0 aromatic carbocycles. The van der Waals surface area contributed by atoms with E-state index in [1.165, 1.54) is 51.4 Å². The predicted molar refractivity (Wildman–Crippen MR) is 88.6 cm³/mol. The summed E-state index contributed by atoms with van der Waals surface area (Å²) in [5, 5.41) is 10.8. The molecule has 0 spiro atoms. The van der Waals surface area contributed by atoms with Crippen molar-refractivity contribution >= 4 is 9.84 Å². The number of likely N-dealkylation sites (tertiary alicyclic amines) is 1. The summed E-state index contributed by atoms with van der Waals surface area (Å²) in [5.41, 5.74) is -0.777. The molecule has 22 heavy (non-hydrogen) atoms. The van der Waals surface area contributed by atoms with Gasteiger partial charge in [-0.25, -0.2) is 8.42 Å². The molecule has 3 rings (SSSR count). The Labute approximate surface area is 135 Å². The van der Waals surface area contributed by atoms with Gasteiger partial charge < -0.3 is 5.11 Å². The van der Waals surface area contributed by atoms with Gasteiger partial charge in [0, 0.05) is 12.6 Å². The fraction of sp³-hybridized carbons (Fsp3) is 1.00. The minimum atomic E-state index is -2.90. The molecule has 2 saturated heterocycles. The van der Waals surface area contributed by atoms with Crippen molar-refractivity contribution in [3.63, 3.8) is 0 Å². The quantitative estimate of drug-likeness (QED) is 0.841. The van der Waals surface area contributed by atoms with Gasteiger partial charge in [-0.15, -0.1) is 0 Å². The van der Waals surface area contributed by atoms with Gasteiger partial charge in [-0.05, 0) is 51.0 Å². The van der Waals surface area contributed by atoms with Gasteiger partial charge in [-0.1, -0.05) is 25.7 Å². The summed E-state index contributed by atoms with van der Waals surface area (Å²) in [6.07, 6.45) is 11.6. The highest BCUT2D eigenvalue weighted by atomic mass is 32.2. The highest BCUT2D eigenvalue weighted by Gasteiger charge is 2.39. The van der Waals surface area contributed by atoms with Crippen LogP contribution in [0.15, 0.2) is 0 Å². The fourth-order valence-corrected chi connectivity index (χ4v) is 6.20. The minimum Gasteiger partial charge on any atom is -0.388 e. The molecule has 4 nitrogen and oxygen atoms in total. The van der Waals surface area contributed by atoms with E-state index >= 15 is 0 Å². The molecular weight excluding hydrogens is 298 g/mol. The molecule has 0 amide bonds. The second-order valence-electron chi connectivity index (χ2n) is 7.87. The molecule has 0 aromatic heterocycles. The molecule has 1 saturated carbocycles. The number of β-amino-alcohol motifs (C(OH)–C–C–N with tert-alkyl or cyclic N) is 1. The van der Waals surface area contributed by atoms with Crippen LogP contribution in [0.25, 0.3) is 0 Å². The van der Waals surface area contributed by atoms with Crippen LogP contribution >= 0.6 is 0 Å². The first-order valence-corrected chi connectivity index (χ1v) is 10.9. The second-order valence-corrected chi connectivity index (χ2v) is 10.2. The number of hydrogen-bond donors (Lipinski definition) is 1. The van der Waals surface area contributed by atoms with Crippen molar-refractivity contribution in [3.05, 3.63) is 0 Å². The van der Waals surface area contributed by atoms with E-state index in [0.717, 1.165) is 12.5 Å². The molecule has 2 heterocycles. The summed E-state index contributed by atoms with van der Waals surface area (Å²) in [7, 11) is -2.90. The zero-order chi connectivity index (χ0) is 15.6. The van der Waals surface area contributed by atoms with E-state index in [0.29, 0.717) is 25.4 Å². The van der Waals surface area contributed by atoms with Crippen molar-refractivity contribution in [1.82, 2.24) is 4.90 Å². The van der Waals surface area contributed by atoms with Crippen molar-refractivity contribution < 1.29 is 13.5 Å². The minimum absolute atomic E-state index is 0.157. The molecule has 0 bridgehead atoms. The summed E-state index contributed by atoms with van der Waals surface area (Å²) in [6.45, 7) is 1.75. The third-order valence-electron chi connectivity index (χ3n) is 6.14. The Hall–Kier alpha value is -0.130.